The molecule has 0 fully saturated rings. The van der Waals surface area contributed by atoms with Crippen LogP contribution in [-0.4, -0.2) is 34.1 Å². The molecule has 0 bridgehead atoms. The summed E-state index contributed by atoms with van der Waals surface area (Å²) in [5.41, 5.74) is 1.87. The highest BCUT2D eigenvalue weighted by Crippen LogP contribution is 2.37. The molecule has 0 saturated heterocycles. The van der Waals surface area contributed by atoms with E-state index in [0.717, 1.165) is 10.5 Å². The number of aryl methyl sites for hydroxylation is 1. The van der Waals surface area contributed by atoms with Gasteiger partial charge in [0.15, 0.2) is 0 Å². The van der Waals surface area contributed by atoms with Gasteiger partial charge in [0.05, 0.1) is 13.0 Å². The summed E-state index contributed by atoms with van der Waals surface area (Å²) >= 11 is 13.7. The van der Waals surface area contributed by atoms with Gasteiger partial charge in [-0.15, -0.1) is 11.8 Å². The number of aromatic nitrogens is 2. The Balaban J connectivity index is 1.69. The van der Waals surface area contributed by atoms with E-state index < -0.39 is 12.6 Å². The Kier molecular flexibility index (Phi) is 8.22. The predicted octanol–water partition coefficient (Wildman–Crippen LogP) is 6.14. The van der Waals surface area contributed by atoms with E-state index in [-0.39, 0.29) is 23.9 Å². The standard InChI is InChI=1S/C21H18Cl2F2N2O4S/c1-27-20(31-21(24)25)18(23)19(26-27)12-3-6-15(7-4-12)32-11-13-2-5-14(22)10-16(13)30-9-8-17(28)29/h2-7,10,21H,8-9,11H2,1H3,(H,28,29). The second-order valence-corrected chi connectivity index (χ2v) is 8.39. The highest BCUT2D eigenvalue weighted by molar-refractivity contribution is 7.98. The van der Waals surface area contributed by atoms with Crippen LogP contribution < -0.4 is 9.47 Å². The second kappa shape index (κ2) is 10.9. The van der Waals surface area contributed by atoms with Crippen molar-refractivity contribution in [2.45, 2.75) is 23.7 Å². The largest absolute Gasteiger partial charge is 0.493 e. The summed E-state index contributed by atoms with van der Waals surface area (Å²) < 4.78 is 36.3. The molecule has 0 saturated carbocycles. The lowest BCUT2D eigenvalue weighted by Crippen LogP contribution is -2.06. The molecular weight excluding hydrogens is 485 g/mol. The summed E-state index contributed by atoms with van der Waals surface area (Å²) in [6.45, 7) is -2.95. The lowest BCUT2D eigenvalue weighted by atomic mass is 10.1. The molecule has 0 unspecified atom stereocenters. The highest BCUT2D eigenvalue weighted by Gasteiger charge is 2.20. The van der Waals surface area contributed by atoms with Gasteiger partial charge in [0.2, 0.25) is 5.88 Å². The summed E-state index contributed by atoms with van der Waals surface area (Å²) in [7, 11) is 1.47. The number of carbonyl (C=O) groups is 1. The molecular formula is C21H18Cl2F2N2O4S. The summed E-state index contributed by atoms with van der Waals surface area (Å²) in [6.07, 6.45) is -0.110. The maximum absolute atomic E-state index is 12.6. The van der Waals surface area contributed by atoms with Gasteiger partial charge in [-0.2, -0.15) is 13.9 Å². The van der Waals surface area contributed by atoms with Crippen molar-refractivity contribution in [1.82, 2.24) is 9.78 Å². The van der Waals surface area contributed by atoms with Crippen molar-refractivity contribution in [1.29, 1.82) is 0 Å². The summed E-state index contributed by atoms with van der Waals surface area (Å²) in [5.74, 6) is -0.0396. The van der Waals surface area contributed by atoms with Crippen LogP contribution in [0.4, 0.5) is 8.78 Å². The fraction of sp³-hybridized carbons (Fsp3) is 0.238. The number of rotatable bonds is 10. The molecule has 0 aliphatic carbocycles. The zero-order chi connectivity index (χ0) is 23.3. The third-order valence-electron chi connectivity index (χ3n) is 4.27. The number of thioether (sulfide) groups is 1. The van der Waals surface area contributed by atoms with Crippen molar-refractivity contribution < 1.29 is 28.2 Å². The molecule has 0 aliphatic heterocycles. The monoisotopic (exact) mass is 502 g/mol. The SMILES string of the molecule is Cn1nc(-c2ccc(SCc3ccc(Cl)cc3OCCC(=O)O)cc2)c(Cl)c1OC(F)F. The first-order chi connectivity index (χ1) is 15.2. The number of alkyl halides is 2. The quantitative estimate of drug-likeness (QED) is 0.335. The molecule has 170 valence electrons. The van der Waals surface area contributed by atoms with Crippen LogP contribution in [-0.2, 0) is 17.6 Å². The molecule has 1 heterocycles. The Morgan fingerprint density at radius 3 is 2.59 bits per heavy atom. The molecule has 3 aromatic rings. The molecule has 6 nitrogen and oxygen atoms in total. The van der Waals surface area contributed by atoms with Gasteiger partial charge < -0.3 is 14.6 Å². The molecule has 1 aromatic heterocycles. The number of ether oxygens (including phenoxy) is 2. The number of aliphatic carboxylic acids is 1. The number of hydrogen-bond acceptors (Lipinski definition) is 5. The smallest absolute Gasteiger partial charge is 0.388 e. The first-order valence-electron chi connectivity index (χ1n) is 9.28. The zero-order valence-corrected chi connectivity index (χ0v) is 19.1. The van der Waals surface area contributed by atoms with Crippen molar-refractivity contribution >= 4 is 40.9 Å². The molecule has 2 aromatic carbocycles. The molecule has 0 aliphatic rings. The first kappa shape index (κ1) is 24.2. The number of halogens is 4. The lowest BCUT2D eigenvalue weighted by molar-refractivity contribution is -0.137. The van der Waals surface area contributed by atoms with E-state index >= 15 is 0 Å². The van der Waals surface area contributed by atoms with Gasteiger partial charge in [-0.3, -0.25) is 4.79 Å². The van der Waals surface area contributed by atoms with Crippen LogP contribution in [0.5, 0.6) is 11.6 Å². The average Bonchev–Trinajstić information content (AvgIpc) is 3.01. The first-order valence-corrected chi connectivity index (χ1v) is 11.0. The summed E-state index contributed by atoms with van der Waals surface area (Å²) in [5, 5.41) is 13.5. The minimum absolute atomic E-state index is 0.0116. The van der Waals surface area contributed by atoms with Gasteiger partial charge in [0.25, 0.3) is 0 Å². The van der Waals surface area contributed by atoms with Crippen LogP contribution in [0.15, 0.2) is 47.4 Å². The predicted molar refractivity (Wildman–Crippen MR) is 119 cm³/mol. The van der Waals surface area contributed by atoms with E-state index in [4.69, 9.17) is 33.0 Å². The minimum Gasteiger partial charge on any atom is -0.493 e. The molecule has 3 rings (SSSR count). The van der Waals surface area contributed by atoms with Gasteiger partial charge in [-0.25, -0.2) is 4.68 Å². The second-order valence-electron chi connectivity index (χ2n) is 6.53. The van der Waals surface area contributed by atoms with Crippen molar-refractivity contribution in [3.05, 3.63) is 58.1 Å². The van der Waals surface area contributed by atoms with E-state index in [0.29, 0.717) is 27.8 Å². The number of nitrogens with zero attached hydrogens (tertiary/aromatic N) is 2. The van der Waals surface area contributed by atoms with Gasteiger partial charge in [-0.05, 0) is 24.3 Å². The van der Waals surface area contributed by atoms with Crippen molar-refractivity contribution in [2.75, 3.05) is 6.61 Å². The number of hydrogen-bond donors (Lipinski definition) is 1. The molecule has 1 N–H and O–H groups in total. The van der Waals surface area contributed by atoms with E-state index in [1.165, 1.54) is 23.5 Å². The normalized spacial score (nSPS) is 11.1. The fourth-order valence-corrected chi connectivity index (χ4v) is 4.14. The Morgan fingerprint density at radius 2 is 1.94 bits per heavy atom. The van der Waals surface area contributed by atoms with Gasteiger partial charge in [-0.1, -0.05) is 41.4 Å². The molecule has 0 spiro atoms. The molecule has 0 amide bonds. The van der Waals surface area contributed by atoms with E-state index in [9.17, 15) is 13.6 Å². The third kappa shape index (κ3) is 6.27. The van der Waals surface area contributed by atoms with Crippen LogP contribution in [0.2, 0.25) is 10.0 Å². The summed E-state index contributed by atoms with van der Waals surface area (Å²) in [4.78, 5) is 11.6. The van der Waals surface area contributed by atoms with Gasteiger partial charge in [0.1, 0.15) is 16.5 Å². The van der Waals surface area contributed by atoms with Crippen LogP contribution in [0.1, 0.15) is 12.0 Å². The number of benzene rings is 2. The molecule has 32 heavy (non-hydrogen) atoms. The average molecular weight is 503 g/mol. The van der Waals surface area contributed by atoms with E-state index in [1.54, 1.807) is 24.3 Å². The maximum atomic E-state index is 12.6. The highest BCUT2D eigenvalue weighted by atomic mass is 35.5. The minimum atomic E-state index is -3.00. The summed E-state index contributed by atoms with van der Waals surface area (Å²) in [6, 6.07) is 12.5. The Labute approximate surface area is 197 Å². The van der Waals surface area contributed by atoms with Gasteiger partial charge in [0, 0.05) is 33.8 Å². The Hall–Kier alpha value is -2.49. The maximum Gasteiger partial charge on any atom is 0.388 e. The molecule has 11 heteroatoms. The van der Waals surface area contributed by atoms with Gasteiger partial charge >= 0.3 is 12.6 Å². The molecule has 0 atom stereocenters. The van der Waals surface area contributed by atoms with Crippen LogP contribution in [0.3, 0.4) is 0 Å². The fourth-order valence-electron chi connectivity index (χ4n) is 2.78. The Morgan fingerprint density at radius 1 is 1.22 bits per heavy atom. The zero-order valence-electron chi connectivity index (χ0n) is 16.7. The van der Waals surface area contributed by atoms with Crippen LogP contribution >= 0.6 is 35.0 Å². The van der Waals surface area contributed by atoms with Crippen molar-refractivity contribution in [3.63, 3.8) is 0 Å². The van der Waals surface area contributed by atoms with E-state index in [1.807, 2.05) is 18.2 Å². The lowest BCUT2D eigenvalue weighted by Gasteiger charge is -2.11. The number of carboxylic acids is 1. The van der Waals surface area contributed by atoms with Crippen LogP contribution in [0, 0.1) is 0 Å². The van der Waals surface area contributed by atoms with E-state index in [2.05, 4.69) is 9.84 Å². The van der Waals surface area contributed by atoms with Crippen LogP contribution in [0.25, 0.3) is 11.3 Å². The Bertz CT molecular complexity index is 1090. The van der Waals surface area contributed by atoms with Crippen molar-refractivity contribution in [3.8, 4) is 22.9 Å². The number of carboxylic acid groups (broad SMARTS) is 1. The topological polar surface area (TPSA) is 73.6 Å². The van der Waals surface area contributed by atoms with Crippen molar-refractivity contribution in [2.24, 2.45) is 7.05 Å². The third-order valence-corrected chi connectivity index (χ3v) is 5.90. The molecule has 0 radical (unpaired) electrons.